The Morgan fingerprint density at radius 1 is 1.23 bits per heavy atom. The fourth-order valence-corrected chi connectivity index (χ4v) is 2.15. The lowest BCUT2D eigenvalue weighted by Crippen LogP contribution is -2.13. The summed E-state index contributed by atoms with van der Waals surface area (Å²) in [5, 5.41) is 13.8. The van der Waals surface area contributed by atoms with Crippen molar-refractivity contribution in [3.05, 3.63) is 67.4 Å². The van der Waals surface area contributed by atoms with Crippen LogP contribution < -0.4 is 5.32 Å². The van der Waals surface area contributed by atoms with Crippen LogP contribution in [0.25, 0.3) is 0 Å². The second-order valence-electron chi connectivity index (χ2n) is 4.46. The summed E-state index contributed by atoms with van der Waals surface area (Å²) in [5.41, 5.74) is 0.267. The molecule has 5 nitrogen and oxygen atoms in total. The molecule has 0 unspecified atom stereocenters. The smallest absolute Gasteiger partial charge is 0.305 e. The zero-order valence-electron chi connectivity index (χ0n) is 11.2. The molecule has 0 heterocycles. The van der Waals surface area contributed by atoms with Gasteiger partial charge in [0.2, 0.25) is 5.82 Å². The molecule has 0 saturated heterocycles. The van der Waals surface area contributed by atoms with Crippen LogP contribution in [0.3, 0.4) is 0 Å². The monoisotopic (exact) mass is 342 g/mol. The molecule has 2 aromatic rings. The molecule has 0 aromatic heterocycles. The molecule has 114 valence electrons. The number of anilines is 1. The molecule has 0 aliphatic rings. The molecule has 0 spiro atoms. The molecule has 0 fully saturated rings. The van der Waals surface area contributed by atoms with E-state index in [9.17, 15) is 19.3 Å². The molecular formula is C14H9Cl2FN2O3. The molecule has 0 atom stereocenters. The van der Waals surface area contributed by atoms with Gasteiger partial charge in [0, 0.05) is 17.3 Å². The molecule has 8 heteroatoms. The third-order valence-electron chi connectivity index (χ3n) is 2.92. The second-order valence-corrected chi connectivity index (χ2v) is 5.27. The fourth-order valence-electron chi connectivity index (χ4n) is 1.77. The first-order valence-corrected chi connectivity index (χ1v) is 6.76. The van der Waals surface area contributed by atoms with E-state index < -0.39 is 22.3 Å². The van der Waals surface area contributed by atoms with Crippen molar-refractivity contribution in [2.45, 2.75) is 6.92 Å². The topological polar surface area (TPSA) is 72.2 Å². The van der Waals surface area contributed by atoms with Gasteiger partial charge in [-0.05, 0) is 36.8 Å². The first kappa shape index (κ1) is 16.2. The van der Waals surface area contributed by atoms with Gasteiger partial charge < -0.3 is 5.32 Å². The summed E-state index contributed by atoms with van der Waals surface area (Å²) < 4.78 is 13.3. The van der Waals surface area contributed by atoms with Crippen molar-refractivity contribution in [2.24, 2.45) is 0 Å². The van der Waals surface area contributed by atoms with Crippen LogP contribution in [0, 0.1) is 22.9 Å². The Labute approximate surface area is 134 Å². The zero-order chi connectivity index (χ0) is 16.4. The van der Waals surface area contributed by atoms with Crippen LogP contribution >= 0.6 is 23.2 Å². The molecule has 22 heavy (non-hydrogen) atoms. The molecule has 0 aliphatic carbocycles. The van der Waals surface area contributed by atoms with E-state index >= 15 is 0 Å². The Morgan fingerprint density at radius 3 is 2.50 bits per heavy atom. The van der Waals surface area contributed by atoms with Crippen LogP contribution in [-0.2, 0) is 0 Å². The number of hydrogen-bond acceptors (Lipinski definition) is 3. The minimum atomic E-state index is -1.01. The van der Waals surface area contributed by atoms with Gasteiger partial charge in [-0.15, -0.1) is 0 Å². The van der Waals surface area contributed by atoms with Gasteiger partial charge in [0.25, 0.3) is 5.91 Å². The minimum absolute atomic E-state index is 0.0430. The molecule has 2 aromatic carbocycles. The fraction of sp³-hybridized carbons (Fsp3) is 0.0714. The number of nitrogens with zero attached hydrogens (tertiary/aromatic N) is 1. The standard InChI is InChI=1S/C14H9Cl2FN2O3/c1-7-4-9(15)10(16)6-12(7)18-14(20)8-2-3-11(17)13(5-8)19(21)22/h2-6H,1H3,(H,18,20). The summed E-state index contributed by atoms with van der Waals surface area (Å²) in [6.45, 7) is 1.71. The number of aryl methyl sites for hydroxylation is 1. The number of nitrogens with one attached hydrogen (secondary N) is 1. The predicted molar refractivity (Wildman–Crippen MR) is 82.2 cm³/mol. The SMILES string of the molecule is Cc1cc(Cl)c(Cl)cc1NC(=O)c1ccc(F)c([N+](=O)[O-])c1. The van der Waals surface area contributed by atoms with E-state index in [-0.39, 0.29) is 10.6 Å². The Balaban J connectivity index is 2.32. The highest BCUT2D eigenvalue weighted by atomic mass is 35.5. The van der Waals surface area contributed by atoms with Gasteiger partial charge in [0.15, 0.2) is 0 Å². The average molecular weight is 343 g/mol. The summed E-state index contributed by atoms with van der Waals surface area (Å²) in [4.78, 5) is 21.9. The number of carbonyl (C=O) groups excluding carboxylic acids is 1. The van der Waals surface area contributed by atoms with Crippen LogP contribution in [0.1, 0.15) is 15.9 Å². The van der Waals surface area contributed by atoms with E-state index in [1.807, 2.05) is 0 Å². The highest BCUT2D eigenvalue weighted by Crippen LogP contribution is 2.29. The van der Waals surface area contributed by atoms with Crippen LogP contribution in [0.4, 0.5) is 15.8 Å². The molecule has 2 rings (SSSR count). The third kappa shape index (κ3) is 3.35. The summed E-state index contributed by atoms with van der Waals surface area (Å²) in [6, 6.07) is 5.94. The summed E-state index contributed by atoms with van der Waals surface area (Å²) in [5.74, 6) is -1.63. The van der Waals surface area contributed by atoms with Gasteiger partial charge in [0.05, 0.1) is 15.0 Å². The lowest BCUT2D eigenvalue weighted by atomic mass is 10.1. The highest BCUT2D eigenvalue weighted by Gasteiger charge is 2.18. The number of halogens is 3. The average Bonchev–Trinajstić information content (AvgIpc) is 2.44. The van der Waals surface area contributed by atoms with Crippen molar-refractivity contribution in [3.63, 3.8) is 0 Å². The maximum absolute atomic E-state index is 13.3. The van der Waals surface area contributed by atoms with E-state index in [0.29, 0.717) is 16.3 Å². The summed E-state index contributed by atoms with van der Waals surface area (Å²) >= 11 is 11.7. The Kier molecular flexibility index (Phi) is 4.63. The predicted octanol–water partition coefficient (Wildman–Crippen LogP) is 4.60. The summed E-state index contributed by atoms with van der Waals surface area (Å²) in [7, 11) is 0. The molecule has 0 radical (unpaired) electrons. The van der Waals surface area contributed by atoms with Crippen molar-refractivity contribution in [1.29, 1.82) is 0 Å². The van der Waals surface area contributed by atoms with E-state index in [4.69, 9.17) is 23.2 Å². The highest BCUT2D eigenvalue weighted by molar-refractivity contribution is 6.42. The number of amides is 1. The van der Waals surface area contributed by atoms with Crippen molar-refractivity contribution in [3.8, 4) is 0 Å². The first-order valence-electron chi connectivity index (χ1n) is 6.00. The number of nitro benzene ring substituents is 1. The quantitative estimate of drug-likeness (QED) is 0.654. The van der Waals surface area contributed by atoms with Crippen molar-refractivity contribution < 1.29 is 14.1 Å². The maximum Gasteiger partial charge on any atom is 0.305 e. The second kappa shape index (κ2) is 6.29. The first-order chi connectivity index (χ1) is 10.3. The normalized spacial score (nSPS) is 10.4. The van der Waals surface area contributed by atoms with Gasteiger partial charge in [-0.3, -0.25) is 14.9 Å². The van der Waals surface area contributed by atoms with Crippen LogP contribution in [0.5, 0.6) is 0 Å². The third-order valence-corrected chi connectivity index (χ3v) is 3.64. The zero-order valence-corrected chi connectivity index (χ0v) is 12.7. The van der Waals surface area contributed by atoms with Crippen LogP contribution in [-0.4, -0.2) is 10.8 Å². The Hall–Kier alpha value is -2.18. The van der Waals surface area contributed by atoms with E-state index in [1.54, 1.807) is 13.0 Å². The van der Waals surface area contributed by atoms with Crippen molar-refractivity contribution in [1.82, 2.24) is 0 Å². The maximum atomic E-state index is 13.3. The Morgan fingerprint density at radius 2 is 1.86 bits per heavy atom. The Bertz CT molecular complexity index is 781. The lowest BCUT2D eigenvalue weighted by Gasteiger charge is -2.10. The molecule has 0 bridgehead atoms. The van der Waals surface area contributed by atoms with E-state index in [1.165, 1.54) is 6.07 Å². The molecular weight excluding hydrogens is 334 g/mol. The van der Waals surface area contributed by atoms with Crippen molar-refractivity contribution in [2.75, 3.05) is 5.32 Å². The number of rotatable bonds is 3. The van der Waals surface area contributed by atoms with Crippen LogP contribution in [0.2, 0.25) is 10.0 Å². The van der Waals surface area contributed by atoms with Gasteiger partial charge in [-0.1, -0.05) is 23.2 Å². The van der Waals surface area contributed by atoms with Gasteiger partial charge in [0.1, 0.15) is 0 Å². The van der Waals surface area contributed by atoms with E-state index in [2.05, 4.69) is 5.32 Å². The molecule has 0 saturated carbocycles. The lowest BCUT2D eigenvalue weighted by molar-refractivity contribution is -0.387. The molecule has 0 aliphatic heterocycles. The molecule has 1 amide bonds. The minimum Gasteiger partial charge on any atom is -0.322 e. The number of benzene rings is 2. The van der Waals surface area contributed by atoms with E-state index in [0.717, 1.165) is 18.2 Å². The number of nitro groups is 1. The van der Waals surface area contributed by atoms with Gasteiger partial charge in [-0.25, -0.2) is 0 Å². The largest absolute Gasteiger partial charge is 0.322 e. The summed E-state index contributed by atoms with van der Waals surface area (Å²) in [6.07, 6.45) is 0. The van der Waals surface area contributed by atoms with Crippen LogP contribution in [0.15, 0.2) is 30.3 Å². The van der Waals surface area contributed by atoms with Crippen molar-refractivity contribution >= 4 is 40.5 Å². The number of carbonyl (C=O) groups is 1. The molecule has 1 N–H and O–H groups in total. The number of hydrogen-bond donors (Lipinski definition) is 1. The van der Waals surface area contributed by atoms with Gasteiger partial charge >= 0.3 is 5.69 Å². The van der Waals surface area contributed by atoms with Gasteiger partial charge in [-0.2, -0.15) is 4.39 Å².